The maximum Gasteiger partial charge on any atom is 0.0643 e. The van der Waals surface area contributed by atoms with E-state index in [1.54, 1.807) is 0 Å². The summed E-state index contributed by atoms with van der Waals surface area (Å²) in [4.78, 5) is 5.68. The molecule has 1 aliphatic rings. The zero-order valence-corrected chi connectivity index (χ0v) is 11.0. The summed E-state index contributed by atoms with van der Waals surface area (Å²) >= 11 is 8.14. The minimum Gasteiger partial charge on any atom is -0.258 e. The van der Waals surface area contributed by atoms with E-state index in [1.807, 2.05) is 18.0 Å². The molecular weight excluding hydrogens is 226 g/mol. The van der Waals surface area contributed by atoms with Gasteiger partial charge in [-0.25, -0.2) is 0 Å². The van der Waals surface area contributed by atoms with Crippen molar-refractivity contribution in [1.82, 2.24) is 4.98 Å². The molecule has 0 aromatic carbocycles. The van der Waals surface area contributed by atoms with E-state index < -0.39 is 0 Å². The molecule has 15 heavy (non-hydrogen) atoms. The van der Waals surface area contributed by atoms with Crippen LogP contribution in [0.15, 0.2) is 17.2 Å². The smallest absolute Gasteiger partial charge is 0.0643 e. The Labute approximate surface area is 101 Å². The number of nitrogens with zero attached hydrogens (tertiary/aromatic N) is 1. The number of halogens is 1. The van der Waals surface area contributed by atoms with E-state index in [1.165, 1.54) is 17.7 Å². The van der Waals surface area contributed by atoms with Gasteiger partial charge in [-0.3, -0.25) is 4.98 Å². The van der Waals surface area contributed by atoms with Crippen LogP contribution < -0.4 is 0 Å². The number of thioether (sulfide) groups is 1. The third-order valence-corrected chi connectivity index (χ3v) is 3.94. The van der Waals surface area contributed by atoms with Crippen molar-refractivity contribution in [3.8, 4) is 0 Å². The zero-order valence-electron chi connectivity index (χ0n) is 9.38. The summed E-state index contributed by atoms with van der Waals surface area (Å²) in [5, 5.41) is 1.61. The van der Waals surface area contributed by atoms with Gasteiger partial charge in [0.25, 0.3) is 0 Å². The maximum atomic E-state index is 6.24. The van der Waals surface area contributed by atoms with E-state index >= 15 is 0 Å². The molecule has 0 N–H and O–H groups in total. The first-order valence-corrected chi connectivity index (χ1v) is 6.55. The molecule has 0 amide bonds. The Kier molecular flexibility index (Phi) is 3.00. The highest BCUT2D eigenvalue weighted by Gasteiger charge is 2.24. The van der Waals surface area contributed by atoms with Gasteiger partial charge >= 0.3 is 0 Å². The predicted molar refractivity (Wildman–Crippen MR) is 66.8 cm³/mol. The van der Waals surface area contributed by atoms with Gasteiger partial charge in [-0.1, -0.05) is 32.4 Å². The fraction of sp³-hybridized carbons (Fsp3) is 0.583. The van der Waals surface area contributed by atoms with Gasteiger partial charge in [0.05, 0.1) is 10.7 Å². The summed E-state index contributed by atoms with van der Waals surface area (Å²) in [7, 11) is 0. The monoisotopic (exact) mass is 241 g/mol. The Bertz CT molecular complexity index is 366. The molecule has 0 aliphatic heterocycles. The molecule has 2 rings (SSSR count). The van der Waals surface area contributed by atoms with Gasteiger partial charge in [-0.2, -0.15) is 0 Å². The molecule has 0 spiro atoms. The molecular formula is C12H16ClNS. The molecule has 1 saturated carbocycles. The van der Waals surface area contributed by atoms with Crippen LogP contribution in [0.2, 0.25) is 5.02 Å². The van der Waals surface area contributed by atoms with Crippen LogP contribution in [0.1, 0.15) is 39.3 Å². The van der Waals surface area contributed by atoms with Crippen molar-refractivity contribution in [2.45, 2.75) is 49.2 Å². The second-order valence-corrected chi connectivity index (χ2v) is 6.85. The molecule has 1 aromatic rings. The van der Waals surface area contributed by atoms with Crippen molar-refractivity contribution in [3.05, 3.63) is 23.0 Å². The summed E-state index contributed by atoms with van der Waals surface area (Å²) in [6.07, 6.45) is 4.63. The fourth-order valence-corrected chi connectivity index (χ4v) is 2.99. The lowest BCUT2D eigenvalue weighted by atomic mass is 9.92. The largest absolute Gasteiger partial charge is 0.258 e. The van der Waals surface area contributed by atoms with Crippen molar-refractivity contribution < 1.29 is 0 Å². The molecule has 1 aromatic heterocycles. The minimum atomic E-state index is 0.0276. The SMILES string of the molecule is CC(C)(C)c1ncc(SC2CC2)cc1Cl. The van der Waals surface area contributed by atoms with Crippen LogP contribution >= 0.6 is 23.4 Å². The third-order valence-electron chi connectivity index (χ3n) is 2.35. The van der Waals surface area contributed by atoms with Gasteiger partial charge in [0.2, 0.25) is 0 Å². The normalized spacial score (nSPS) is 16.8. The molecule has 1 fully saturated rings. The van der Waals surface area contributed by atoms with Gasteiger partial charge in [-0.05, 0) is 18.9 Å². The zero-order chi connectivity index (χ0) is 11.1. The lowest BCUT2D eigenvalue weighted by Crippen LogP contribution is -2.14. The maximum absolute atomic E-state index is 6.24. The molecule has 3 heteroatoms. The summed E-state index contributed by atoms with van der Waals surface area (Å²) < 4.78 is 0. The Hall–Kier alpha value is -0.210. The van der Waals surface area contributed by atoms with Crippen molar-refractivity contribution in [1.29, 1.82) is 0 Å². The minimum absolute atomic E-state index is 0.0276. The van der Waals surface area contributed by atoms with Crippen molar-refractivity contribution in [2.75, 3.05) is 0 Å². The second kappa shape index (κ2) is 3.99. The molecule has 0 bridgehead atoms. The number of aromatic nitrogens is 1. The summed E-state index contributed by atoms with van der Waals surface area (Å²) in [6.45, 7) is 6.40. The van der Waals surface area contributed by atoms with E-state index in [9.17, 15) is 0 Å². The first-order chi connectivity index (χ1) is 6.97. The quantitative estimate of drug-likeness (QED) is 0.766. The number of rotatable bonds is 2. The first-order valence-electron chi connectivity index (χ1n) is 5.29. The van der Waals surface area contributed by atoms with Crippen molar-refractivity contribution >= 4 is 23.4 Å². The molecule has 0 saturated heterocycles. The van der Waals surface area contributed by atoms with E-state index in [4.69, 9.17) is 11.6 Å². The van der Waals surface area contributed by atoms with E-state index in [0.717, 1.165) is 16.0 Å². The van der Waals surface area contributed by atoms with E-state index in [0.29, 0.717) is 0 Å². The van der Waals surface area contributed by atoms with Crippen LogP contribution in [0.25, 0.3) is 0 Å². The Morgan fingerprint density at radius 2 is 2.07 bits per heavy atom. The molecule has 1 aliphatic carbocycles. The topological polar surface area (TPSA) is 12.9 Å². The standard InChI is InChI=1S/C12H16ClNS/c1-12(2,3)11-10(13)6-9(7-14-11)15-8-4-5-8/h6-8H,4-5H2,1-3H3. The molecule has 82 valence electrons. The first kappa shape index (κ1) is 11.3. The highest BCUT2D eigenvalue weighted by atomic mass is 35.5. The molecule has 1 nitrogen and oxygen atoms in total. The van der Waals surface area contributed by atoms with Crippen LogP contribution in [0.4, 0.5) is 0 Å². The van der Waals surface area contributed by atoms with E-state index in [-0.39, 0.29) is 5.41 Å². The molecule has 0 radical (unpaired) electrons. The number of hydrogen-bond acceptors (Lipinski definition) is 2. The highest BCUT2D eigenvalue weighted by Crippen LogP contribution is 2.40. The van der Waals surface area contributed by atoms with Gasteiger partial charge in [0, 0.05) is 21.8 Å². The van der Waals surface area contributed by atoms with E-state index in [2.05, 4.69) is 31.8 Å². The lowest BCUT2D eigenvalue weighted by Gasteiger charge is -2.19. The van der Waals surface area contributed by atoms with Crippen LogP contribution in [-0.4, -0.2) is 10.2 Å². The van der Waals surface area contributed by atoms with Crippen LogP contribution in [-0.2, 0) is 5.41 Å². The molecule has 0 atom stereocenters. The molecule has 1 heterocycles. The van der Waals surface area contributed by atoms with Crippen molar-refractivity contribution in [3.63, 3.8) is 0 Å². The predicted octanol–water partition coefficient (Wildman–Crippen LogP) is 4.29. The third kappa shape index (κ3) is 2.88. The van der Waals surface area contributed by atoms with Crippen LogP contribution in [0.5, 0.6) is 0 Å². The van der Waals surface area contributed by atoms with Gasteiger partial charge in [-0.15, -0.1) is 11.8 Å². The van der Waals surface area contributed by atoms with Gasteiger partial charge in [0.1, 0.15) is 0 Å². The number of pyridine rings is 1. The molecule has 0 unspecified atom stereocenters. The highest BCUT2D eigenvalue weighted by molar-refractivity contribution is 8.00. The average molecular weight is 242 g/mol. The second-order valence-electron chi connectivity index (χ2n) is 5.07. The van der Waals surface area contributed by atoms with Gasteiger partial charge < -0.3 is 0 Å². The summed E-state index contributed by atoms with van der Waals surface area (Å²) in [6, 6.07) is 2.05. The van der Waals surface area contributed by atoms with Crippen LogP contribution in [0, 0.1) is 0 Å². The lowest BCUT2D eigenvalue weighted by molar-refractivity contribution is 0.568. The Morgan fingerprint density at radius 1 is 1.40 bits per heavy atom. The number of hydrogen-bond donors (Lipinski definition) is 0. The summed E-state index contributed by atoms with van der Waals surface area (Å²) in [5.41, 5.74) is 1.02. The van der Waals surface area contributed by atoms with Crippen molar-refractivity contribution in [2.24, 2.45) is 0 Å². The van der Waals surface area contributed by atoms with Crippen LogP contribution in [0.3, 0.4) is 0 Å². The Morgan fingerprint density at radius 3 is 2.53 bits per heavy atom. The Balaban J connectivity index is 2.21. The fourth-order valence-electron chi connectivity index (χ4n) is 1.42. The average Bonchev–Trinajstić information content (AvgIpc) is 2.85. The van der Waals surface area contributed by atoms with Gasteiger partial charge in [0.15, 0.2) is 0 Å². The summed E-state index contributed by atoms with van der Waals surface area (Å²) in [5.74, 6) is 0.